The summed E-state index contributed by atoms with van der Waals surface area (Å²) in [5, 5.41) is 3.21. The van der Waals surface area contributed by atoms with Gasteiger partial charge < -0.3 is 5.32 Å². The molecule has 1 aromatic carbocycles. The lowest BCUT2D eigenvalue weighted by Crippen LogP contribution is -2.31. The van der Waals surface area contributed by atoms with Crippen LogP contribution in [-0.4, -0.2) is 18.9 Å². The number of halogens is 1. The van der Waals surface area contributed by atoms with Gasteiger partial charge in [0, 0.05) is 18.4 Å². The van der Waals surface area contributed by atoms with Crippen molar-refractivity contribution in [2.24, 2.45) is 5.41 Å². The van der Waals surface area contributed by atoms with Crippen LogP contribution in [0.15, 0.2) is 24.3 Å². The average molecular weight is 221 g/mol. The molecule has 1 aromatic rings. The SMILES string of the molecule is CC1(C(=O)Cc2ccc(F)cc2)CCNC1. The van der Waals surface area contributed by atoms with Crippen molar-refractivity contribution in [1.29, 1.82) is 0 Å². The van der Waals surface area contributed by atoms with Crippen LogP contribution in [0, 0.1) is 11.2 Å². The third-order valence-corrected chi connectivity index (χ3v) is 3.32. The highest BCUT2D eigenvalue weighted by atomic mass is 19.1. The van der Waals surface area contributed by atoms with E-state index in [2.05, 4.69) is 5.32 Å². The number of carbonyl (C=O) groups excluding carboxylic acids is 1. The number of Topliss-reactive ketones (excluding diaryl/α,β-unsaturated/α-hetero) is 1. The number of rotatable bonds is 3. The van der Waals surface area contributed by atoms with Crippen molar-refractivity contribution < 1.29 is 9.18 Å². The smallest absolute Gasteiger partial charge is 0.144 e. The van der Waals surface area contributed by atoms with Crippen molar-refractivity contribution >= 4 is 5.78 Å². The molecule has 86 valence electrons. The van der Waals surface area contributed by atoms with Crippen molar-refractivity contribution in [1.82, 2.24) is 5.32 Å². The van der Waals surface area contributed by atoms with Crippen LogP contribution in [-0.2, 0) is 11.2 Å². The first-order valence-electron chi connectivity index (χ1n) is 5.59. The van der Waals surface area contributed by atoms with Crippen LogP contribution in [0.4, 0.5) is 4.39 Å². The van der Waals surface area contributed by atoms with Gasteiger partial charge >= 0.3 is 0 Å². The zero-order valence-electron chi connectivity index (χ0n) is 9.42. The van der Waals surface area contributed by atoms with Crippen LogP contribution < -0.4 is 5.32 Å². The molecule has 1 aliphatic rings. The van der Waals surface area contributed by atoms with Crippen molar-refractivity contribution in [2.45, 2.75) is 19.8 Å². The Bertz CT molecular complexity index is 379. The third kappa shape index (κ3) is 2.30. The van der Waals surface area contributed by atoms with Gasteiger partial charge in [-0.25, -0.2) is 4.39 Å². The first-order valence-corrected chi connectivity index (χ1v) is 5.59. The van der Waals surface area contributed by atoms with Gasteiger partial charge in [0.2, 0.25) is 0 Å². The fourth-order valence-electron chi connectivity index (χ4n) is 2.06. The van der Waals surface area contributed by atoms with E-state index in [4.69, 9.17) is 0 Å². The van der Waals surface area contributed by atoms with Crippen molar-refractivity contribution in [3.05, 3.63) is 35.6 Å². The van der Waals surface area contributed by atoms with Gasteiger partial charge in [-0.1, -0.05) is 19.1 Å². The number of benzene rings is 1. The molecule has 0 spiro atoms. The molecule has 1 N–H and O–H groups in total. The van der Waals surface area contributed by atoms with E-state index in [0.717, 1.165) is 25.1 Å². The molecule has 1 saturated heterocycles. The Kier molecular flexibility index (Phi) is 3.06. The summed E-state index contributed by atoms with van der Waals surface area (Å²) < 4.78 is 12.7. The third-order valence-electron chi connectivity index (χ3n) is 3.32. The van der Waals surface area contributed by atoms with E-state index in [1.54, 1.807) is 12.1 Å². The first-order chi connectivity index (χ1) is 7.60. The van der Waals surface area contributed by atoms with E-state index >= 15 is 0 Å². The summed E-state index contributed by atoms with van der Waals surface area (Å²) in [5.74, 6) is -0.0194. The molecule has 0 aromatic heterocycles. The summed E-state index contributed by atoms with van der Waals surface area (Å²) in [6, 6.07) is 6.16. The van der Waals surface area contributed by atoms with Gasteiger partial charge in [0.15, 0.2) is 0 Å². The molecule has 2 nitrogen and oxygen atoms in total. The van der Waals surface area contributed by atoms with Crippen LogP contribution in [0.25, 0.3) is 0 Å². The summed E-state index contributed by atoms with van der Waals surface area (Å²) in [7, 11) is 0. The number of hydrogen-bond acceptors (Lipinski definition) is 2. The molecule has 0 saturated carbocycles. The van der Waals surface area contributed by atoms with Gasteiger partial charge in [-0.05, 0) is 30.7 Å². The Morgan fingerprint density at radius 3 is 2.69 bits per heavy atom. The van der Waals surface area contributed by atoms with Crippen LogP contribution in [0.5, 0.6) is 0 Å². The van der Waals surface area contributed by atoms with E-state index < -0.39 is 0 Å². The second-order valence-electron chi connectivity index (χ2n) is 4.71. The summed E-state index contributed by atoms with van der Waals surface area (Å²) in [4.78, 5) is 12.1. The Balaban J connectivity index is 2.04. The molecule has 3 heteroatoms. The molecule has 0 radical (unpaired) electrons. The Labute approximate surface area is 94.9 Å². The quantitative estimate of drug-likeness (QED) is 0.845. The number of nitrogens with one attached hydrogen (secondary N) is 1. The lowest BCUT2D eigenvalue weighted by molar-refractivity contribution is -0.126. The standard InChI is InChI=1S/C13H16FNO/c1-13(6-7-15-9-13)12(16)8-10-2-4-11(14)5-3-10/h2-5,15H,6-9H2,1H3. The maximum atomic E-state index is 12.7. The predicted molar refractivity (Wildman–Crippen MR) is 60.7 cm³/mol. The van der Waals surface area contributed by atoms with Crippen LogP contribution in [0.1, 0.15) is 18.9 Å². The van der Waals surface area contributed by atoms with Crippen LogP contribution in [0.3, 0.4) is 0 Å². The summed E-state index contributed by atoms with van der Waals surface area (Å²) in [6.45, 7) is 3.66. The minimum atomic E-state index is -0.259. The lowest BCUT2D eigenvalue weighted by Gasteiger charge is -2.20. The Morgan fingerprint density at radius 1 is 1.44 bits per heavy atom. The molecule has 1 aliphatic heterocycles. The summed E-state index contributed by atoms with van der Waals surface area (Å²) in [6.07, 6.45) is 1.30. The Morgan fingerprint density at radius 2 is 2.12 bits per heavy atom. The Hall–Kier alpha value is -1.22. The molecular weight excluding hydrogens is 205 g/mol. The van der Waals surface area contributed by atoms with E-state index in [1.165, 1.54) is 12.1 Å². The van der Waals surface area contributed by atoms with Crippen LogP contribution >= 0.6 is 0 Å². The molecule has 0 aliphatic carbocycles. The number of carbonyl (C=O) groups is 1. The van der Waals surface area contributed by atoms with Gasteiger partial charge in [-0.2, -0.15) is 0 Å². The largest absolute Gasteiger partial charge is 0.316 e. The van der Waals surface area contributed by atoms with E-state index in [-0.39, 0.29) is 17.0 Å². The maximum absolute atomic E-state index is 12.7. The second kappa shape index (κ2) is 4.34. The maximum Gasteiger partial charge on any atom is 0.144 e. The fraction of sp³-hybridized carbons (Fsp3) is 0.462. The van der Waals surface area contributed by atoms with Crippen molar-refractivity contribution in [3.63, 3.8) is 0 Å². The van der Waals surface area contributed by atoms with Gasteiger partial charge in [0.05, 0.1) is 0 Å². The molecule has 1 heterocycles. The molecule has 0 amide bonds. The van der Waals surface area contributed by atoms with E-state index in [0.29, 0.717) is 6.42 Å². The minimum Gasteiger partial charge on any atom is -0.316 e. The monoisotopic (exact) mass is 221 g/mol. The molecule has 16 heavy (non-hydrogen) atoms. The van der Waals surface area contributed by atoms with E-state index in [9.17, 15) is 9.18 Å². The molecule has 1 fully saturated rings. The normalized spacial score (nSPS) is 24.6. The first kappa shape index (κ1) is 11.3. The molecular formula is C13H16FNO. The highest BCUT2D eigenvalue weighted by molar-refractivity contribution is 5.87. The summed E-state index contributed by atoms with van der Waals surface area (Å²) >= 11 is 0. The van der Waals surface area contributed by atoms with Crippen molar-refractivity contribution in [3.8, 4) is 0 Å². The van der Waals surface area contributed by atoms with Gasteiger partial charge in [0.1, 0.15) is 11.6 Å². The summed E-state index contributed by atoms with van der Waals surface area (Å²) in [5.41, 5.74) is 0.647. The van der Waals surface area contributed by atoms with Crippen LogP contribution in [0.2, 0.25) is 0 Å². The topological polar surface area (TPSA) is 29.1 Å². The average Bonchev–Trinajstić information content (AvgIpc) is 2.70. The van der Waals surface area contributed by atoms with Crippen molar-refractivity contribution in [2.75, 3.05) is 13.1 Å². The predicted octanol–water partition coefficient (Wildman–Crippen LogP) is 1.94. The fourth-order valence-corrected chi connectivity index (χ4v) is 2.06. The molecule has 1 atom stereocenters. The number of ketones is 1. The van der Waals surface area contributed by atoms with Gasteiger partial charge in [-0.15, -0.1) is 0 Å². The highest BCUT2D eigenvalue weighted by Gasteiger charge is 2.35. The van der Waals surface area contributed by atoms with Gasteiger partial charge in [0.25, 0.3) is 0 Å². The zero-order valence-corrected chi connectivity index (χ0v) is 9.42. The van der Waals surface area contributed by atoms with E-state index in [1.807, 2.05) is 6.92 Å². The minimum absolute atomic E-state index is 0.240. The second-order valence-corrected chi connectivity index (χ2v) is 4.71. The zero-order chi connectivity index (χ0) is 11.6. The lowest BCUT2D eigenvalue weighted by atomic mass is 9.82. The molecule has 0 bridgehead atoms. The molecule has 2 rings (SSSR count). The van der Waals surface area contributed by atoms with Gasteiger partial charge in [-0.3, -0.25) is 4.79 Å². The highest BCUT2D eigenvalue weighted by Crippen LogP contribution is 2.27. The molecule has 1 unspecified atom stereocenters. The number of hydrogen-bond donors (Lipinski definition) is 1.